The lowest BCUT2D eigenvalue weighted by atomic mass is 10.1. The molecule has 5 heteroatoms. The van der Waals surface area contributed by atoms with Crippen molar-refractivity contribution in [3.63, 3.8) is 0 Å². The molecule has 0 radical (unpaired) electrons. The Kier molecular flexibility index (Phi) is 7.69. The highest BCUT2D eigenvalue weighted by Gasteiger charge is 2.14. The lowest BCUT2D eigenvalue weighted by Gasteiger charge is -2.21. The van der Waals surface area contributed by atoms with Gasteiger partial charge in [0.05, 0.1) is 6.54 Å². The van der Waals surface area contributed by atoms with Gasteiger partial charge in [0.15, 0.2) is 5.96 Å². The van der Waals surface area contributed by atoms with Crippen molar-refractivity contribution in [3.8, 4) is 0 Å². The zero-order valence-electron chi connectivity index (χ0n) is 14.3. The molecular formula is C18H29ClN4. The van der Waals surface area contributed by atoms with Crippen molar-refractivity contribution < 1.29 is 0 Å². The van der Waals surface area contributed by atoms with Gasteiger partial charge in [0.1, 0.15) is 0 Å². The number of nitrogens with one attached hydrogen (secondary N) is 2. The molecule has 1 atom stereocenters. The smallest absolute Gasteiger partial charge is 0.191 e. The van der Waals surface area contributed by atoms with E-state index in [9.17, 15) is 0 Å². The molecule has 4 nitrogen and oxygen atoms in total. The number of halogens is 1. The van der Waals surface area contributed by atoms with E-state index in [-0.39, 0.29) is 0 Å². The van der Waals surface area contributed by atoms with E-state index in [0.29, 0.717) is 12.5 Å². The summed E-state index contributed by atoms with van der Waals surface area (Å²) in [6, 6.07) is 7.86. The lowest BCUT2D eigenvalue weighted by molar-refractivity contribution is 0.287. The first kappa shape index (κ1) is 18.1. The maximum atomic E-state index is 6.02. The molecule has 128 valence electrons. The second-order valence-electron chi connectivity index (χ2n) is 6.32. The van der Waals surface area contributed by atoms with Crippen LogP contribution in [0.5, 0.6) is 0 Å². The number of nitrogens with zero attached hydrogens (tertiary/aromatic N) is 2. The standard InChI is InChI=1S/C18H29ClN4/c1-3-20-18(22-13-16-7-6-8-17(19)11-16)21-12-15(2)14-23-9-4-5-10-23/h6-8,11,15H,3-5,9-10,12-14H2,1-2H3,(H2,20,21,22). The molecular weight excluding hydrogens is 308 g/mol. The summed E-state index contributed by atoms with van der Waals surface area (Å²) in [6.07, 6.45) is 2.70. The second-order valence-corrected chi connectivity index (χ2v) is 6.76. The van der Waals surface area contributed by atoms with Crippen LogP contribution in [0.15, 0.2) is 29.3 Å². The van der Waals surface area contributed by atoms with E-state index in [1.807, 2.05) is 18.2 Å². The fraction of sp³-hybridized carbons (Fsp3) is 0.611. The average molecular weight is 337 g/mol. The number of aliphatic imine (C=N–C) groups is 1. The predicted molar refractivity (Wildman–Crippen MR) is 99.1 cm³/mol. The molecule has 2 N–H and O–H groups in total. The Morgan fingerprint density at radius 2 is 2.09 bits per heavy atom. The molecule has 0 saturated carbocycles. The van der Waals surface area contributed by atoms with Gasteiger partial charge in [-0.3, -0.25) is 0 Å². The Labute approximate surface area is 145 Å². The Morgan fingerprint density at radius 1 is 1.30 bits per heavy atom. The van der Waals surface area contributed by atoms with Crippen molar-refractivity contribution in [2.24, 2.45) is 10.9 Å². The van der Waals surface area contributed by atoms with Gasteiger partial charge in [-0.15, -0.1) is 0 Å². The second kappa shape index (κ2) is 9.78. The molecule has 0 aromatic heterocycles. The molecule has 0 spiro atoms. The minimum absolute atomic E-state index is 0.614. The van der Waals surface area contributed by atoms with Crippen LogP contribution in [0.4, 0.5) is 0 Å². The number of guanidine groups is 1. The maximum Gasteiger partial charge on any atom is 0.191 e. The summed E-state index contributed by atoms with van der Waals surface area (Å²) in [7, 11) is 0. The first-order valence-electron chi connectivity index (χ1n) is 8.66. The molecule has 1 saturated heterocycles. The van der Waals surface area contributed by atoms with Crippen molar-refractivity contribution in [3.05, 3.63) is 34.9 Å². The van der Waals surface area contributed by atoms with Crippen LogP contribution in [0, 0.1) is 5.92 Å². The van der Waals surface area contributed by atoms with Gasteiger partial charge in [-0.25, -0.2) is 4.99 Å². The molecule has 0 aliphatic carbocycles. The van der Waals surface area contributed by atoms with Crippen LogP contribution in [0.1, 0.15) is 32.3 Å². The van der Waals surface area contributed by atoms with E-state index in [0.717, 1.165) is 29.6 Å². The van der Waals surface area contributed by atoms with E-state index < -0.39 is 0 Å². The van der Waals surface area contributed by atoms with Gasteiger partial charge >= 0.3 is 0 Å². The molecule has 0 amide bonds. The lowest BCUT2D eigenvalue weighted by Crippen LogP contribution is -2.41. The molecule has 1 aromatic rings. The average Bonchev–Trinajstić information content (AvgIpc) is 3.03. The topological polar surface area (TPSA) is 39.7 Å². The van der Waals surface area contributed by atoms with Gasteiger partial charge < -0.3 is 15.5 Å². The minimum Gasteiger partial charge on any atom is -0.357 e. The molecule has 23 heavy (non-hydrogen) atoms. The highest BCUT2D eigenvalue weighted by molar-refractivity contribution is 6.30. The number of hydrogen-bond acceptors (Lipinski definition) is 2. The highest BCUT2D eigenvalue weighted by atomic mass is 35.5. The van der Waals surface area contributed by atoms with Crippen LogP contribution in [-0.4, -0.2) is 43.6 Å². The summed E-state index contributed by atoms with van der Waals surface area (Å²) in [5.74, 6) is 1.49. The quantitative estimate of drug-likeness (QED) is 0.593. The monoisotopic (exact) mass is 336 g/mol. The summed E-state index contributed by atoms with van der Waals surface area (Å²) in [5, 5.41) is 7.53. The Hall–Kier alpha value is -1.26. The van der Waals surface area contributed by atoms with E-state index in [2.05, 4.69) is 40.4 Å². The summed E-state index contributed by atoms with van der Waals surface area (Å²) in [4.78, 5) is 7.21. The van der Waals surface area contributed by atoms with Gasteiger partial charge in [-0.2, -0.15) is 0 Å². The zero-order chi connectivity index (χ0) is 16.5. The number of likely N-dealkylation sites (tertiary alicyclic amines) is 1. The van der Waals surface area contributed by atoms with Crippen molar-refractivity contribution in [2.45, 2.75) is 33.2 Å². The summed E-state index contributed by atoms with van der Waals surface area (Å²) >= 11 is 6.02. The molecule has 0 bridgehead atoms. The predicted octanol–water partition coefficient (Wildman–Crippen LogP) is 3.13. The molecule has 1 aliphatic rings. The van der Waals surface area contributed by atoms with Crippen LogP contribution in [0.2, 0.25) is 5.02 Å². The van der Waals surface area contributed by atoms with Crippen molar-refractivity contribution in [2.75, 3.05) is 32.7 Å². The van der Waals surface area contributed by atoms with Gasteiger partial charge in [-0.1, -0.05) is 30.7 Å². The SMILES string of the molecule is CCNC(=NCc1cccc(Cl)c1)NCC(C)CN1CCCC1. The van der Waals surface area contributed by atoms with E-state index in [1.54, 1.807) is 0 Å². The minimum atomic E-state index is 0.614. The van der Waals surface area contributed by atoms with Crippen LogP contribution < -0.4 is 10.6 Å². The molecule has 1 aliphatic heterocycles. The number of hydrogen-bond donors (Lipinski definition) is 2. The highest BCUT2D eigenvalue weighted by Crippen LogP contribution is 2.11. The van der Waals surface area contributed by atoms with E-state index in [1.165, 1.54) is 32.5 Å². The van der Waals surface area contributed by atoms with Gasteiger partial charge in [-0.05, 0) is 56.5 Å². The fourth-order valence-corrected chi connectivity index (χ4v) is 3.10. The third-order valence-corrected chi connectivity index (χ3v) is 4.27. The summed E-state index contributed by atoms with van der Waals surface area (Å²) < 4.78 is 0. The van der Waals surface area contributed by atoms with Crippen LogP contribution in [0.25, 0.3) is 0 Å². The van der Waals surface area contributed by atoms with Crippen molar-refractivity contribution in [1.82, 2.24) is 15.5 Å². The normalized spacial score (nSPS) is 17.3. The molecule has 1 heterocycles. The fourth-order valence-electron chi connectivity index (χ4n) is 2.89. The van der Waals surface area contributed by atoms with E-state index >= 15 is 0 Å². The van der Waals surface area contributed by atoms with Crippen LogP contribution >= 0.6 is 11.6 Å². The first-order valence-corrected chi connectivity index (χ1v) is 9.04. The van der Waals surface area contributed by atoms with Crippen molar-refractivity contribution in [1.29, 1.82) is 0 Å². The van der Waals surface area contributed by atoms with Gasteiger partial charge in [0, 0.05) is 24.7 Å². The van der Waals surface area contributed by atoms with Gasteiger partial charge in [0.2, 0.25) is 0 Å². The first-order chi connectivity index (χ1) is 11.2. The Bertz CT molecular complexity index is 498. The molecule has 1 unspecified atom stereocenters. The zero-order valence-corrected chi connectivity index (χ0v) is 15.1. The van der Waals surface area contributed by atoms with Gasteiger partial charge in [0.25, 0.3) is 0 Å². The molecule has 1 fully saturated rings. The Balaban J connectivity index is 1.81. The molecule has 1 aromatic carbocycles. The largest absolute Gasteiger partial charge is 0.357 e. The summed E-state index contributed by atoms with van der Waals surface area (Å²) in [5.41, 5.74) is 1.12. The third kappa shape index (κ3) is 6.80. The van der Waals surface area contributed by atoms with E-state index in [4.69, 9.17) is 11.6 Å². The third-order valence-electron chi connectivity index (χ3n) is 4.04. The van der Waals surface area contributed by atoms with Crippen LogP contribution in [-0.2, 0) is 6.54 Å². The number of rotatable bonds is 7. The summed E-state index contributed by atoms with van der Waals surface area (Å²) in [6.45, 7) is 10.5. The Morgan fingerprint density at radius 3 is 2.78 bits per heavy atom. The number of benzene rings is 1. The van der Waals surface area contributed by atoms with Crippen molar-refractivity contribution >= 4 is 17.6 Å². The van der Waals surface area contributed by atoms with Crippen LogP contribution in [0.3, 0.4) is 0 Å². The molecule has 2 rings (SSSR count). The maximum absolute atomic E-state index is 6.02.